The molecule has 0 saturated heterocycles. The second-order valence-electron chi connectivity index (χ2n) is 4.16. The van der Waals surface area contributed by atoms with E-state index < -0.39 is 17.8 Å². The summed E-state index contributed by atoms with van der Waals surface area (Å²) >= 11 is 0. The Morgan fingerprint density at radius 2 is 2.00 bits per heavy atom. The van der Waals surface area contributed by atoms with Crippen LogP contribution in [-0.4, -0.2) is 22.6 Å². The molecule has 0 heterocycles. The first-order chi connectivity index (χ1) is 6.59. The standard InChI is InChI=1S/C10H12O4/c11-8-2-1-5-3-6(10(13)14)4-7(8)9(5)12/h5-7H,1-4H2,(H,13,14)/t5-,6-,7+/m1/s1. The number of carboxylic acid groups (broad SMARTS) is 1. The van der Waals surface area contributed by atoms with Gasteiger partial charge in [0.2, 0.25) is 0 Å². The zero-order chi connectivity index (χ0) is 10.3. The third kappa shape index (κ3) is 1.35. The van der Waals surface area contributed by atoms with E-state index >= 15 is 0 Å². The van der Waals surface area contributed by atoms with E-state index in [1.54, 1.807) is 0 Å². The number of rotatable bonds is 1. The number of carboxylic acids is 1. The summed E-state index contributed by atoms with van der Waals surface area (Å²) in [6, 6.07) is 0. The summed E-state index contributed by atoms with van der Waals surface area (Å²) in [7, 11) is 0. The van der Waals surface area contributed by atoms with Gasteiger partial charge in [-0.15, -0.1) is 0 Å². The van der Waals surface area contributed by atoms with Gasteiger partial charge in [-0.25, -0.2) is 0 Å². The van der Waals surface area contributed by atoms with Gasteiger partial charge >= 0.3 is 5.97 Å². The Labute approximate surface area is 81.3 Å². The van der Waals surface area contributed by atoms with E-state index in [1.807, 2.05) is 0 Å². The van der Waals surface area contributed by atoms with Gasteiger partial charge in [-0.05, 0) is 19.3 Å². The number of carbonyl (C=O) groups is 3. The van der Waals surface area contributed by atoms with Crippen molar-refractivity contribution in [3.8, 4) is 0 Å². The van der Waals surface area contributed by atoms with Gasteiger partial charge in [0.25, 0.3) is 0 Å². The molecule has 1 N–H and O–H groups in total. The zero-order valence-electron chi connectivity index (χ0n) is 7.73. The lowest BCUT2D eigenvalue weighted by atomic mass is 9.66. The maximum absolute atomic E-state index is 11.6. The van der Waals surface area contributed by atoms with Crippen LogP contribution in [0.3, 0.4) is 0 Å². The van der Waals surface area contributed by atoms with Crippen LogP contribution in [0.2, 0.25) is 0 Å². The van der Waals surface area contributed by atoms with E-state index in [1.165, 1.54) is 0 Å². The highest BCUT2D eigenvalue weighted by molar-refractivity contribution is 6.06. The molecule has 4 nitrogen and oxygen atoms in total. The molecule has 2 aliphatic carbocycles. The molecule has 76 valence electrons. The van der Waals surface area contributed by atoms with Crippen molar-refractivity contribution in [2.24, 2.45) is 17.8 Å². The van der Waals surface area contributed by atoms with Crippen LogP contribution < -0.4 is 0 Å². The van der Waals surface area contributed by atoms with Crippen molar-refractivity contribution < 1.29 is 19.5 Å². The smallest absolute Gasteiger partial charge is 0.306 e. The molecule has 2 fully saturated rings. The number of carbonyl (C=O) groups excluding carboxylic acids is 2. The summed E-state index contributed by atoms with van der Waals surface area (Å²) in [5.74, 6) is -2.22. The average Bonchev–Trinajstić information content (AvgIpc) is 2.11. The Balaban J connectivity index is 2.20. The van der Waals surface area contributed by atoms with Gasteiger partial charge in [0.05, 0.1) is 11.8 Å². The van der Waals surface area contributed by atoms with Gasteiger partial charge in [0.15, 0.2) is 0 Å². The Morgan fingerprint density at radius 1 is 1.29 bits per heavy atom. The molecular weight excluding hydrogens is 184 g/mol. The minimum Gasteiger partial charge on any atom is -0.481 e. The highest BCUT2D eigenvalue weighted by Crippen LogP contribution is 2.38. The molecule has 2 bridgehead atoms. The van der Waals surface area contributed by atoms with Crippen LogP contribution in [0.25, 0.3) is 0 Å². The fraction of sp³-hybridized carbons (Fsp3) is 0.700. The minimum atomic E-state index is -0.873. The molecule has 2 rings (SSSR count). The number of ketones is 2. The van der Waals surface area contributed by atoms with Gasteiger partial charge in [-0.1, -0.05) is 0 Å². The molecule has 0 spiro atoms. The molecule has 0 aliphatic heterocycles. The predicted octanol–water partition coefficient (Wildman–Crippen LogP) is 0.645. The van der Waals surface area contributed by atoms with E-state index in [2.05, 4.69) is 0 Å². The van der Waals surface area contributed by atoms with E-state index in [9.17, 15) is 14.4 Å². The Kier molecular flexibility index (Phi) is 2.13. The molecule has 3 atom stereocenters. The van der Waals surface area contributed by atoms with Gasteiger partial charge in [-0.2, -0.15) is 0 Å². The van der Waals surface area contributed by atoms with E-state index in [-0.39, 0.29) is 23.9 Å². The normalized spacial score (nSPS) is 37.0. The van der Waals surface area contributed by atoms with Crippen LogP contribution in [0.4, 0.5) is 0 Å². The van der Waals surface area contributed by atoms with E-state index in [4.69, 9.17) is 5.11 Å². The largest absolute Gasteiger partial charge is 0.481 e. The van der Waals surface area contributed by atoms with Gasteiger partial charge in [0, 0.05) is 12.3 Å². The molecule has 2 aliphatic rings. The lowest BCUT2D eigenvalue weighted by Crippen LogP contribution is -2.43. The van der Waals surface area contributed by atoms with Crippen LogP contribution in [0.1, 0.15) is 25.7 Å². The Bertz CT molecular complexity index is 307. The first-order valence-electron chi connectivity index (χ1n) is 4.89. The molecule has 0 radical (unpaired) electrons. The van der Waals surface area contributed by atoms with Crippen LogP contribution in [0, 0.1) is 17.8 Å². The second-order valence-corrected chi connectivity index (χ2v) is 4.16. The Hall–Kier alpha value is -1.19. The maximum atomic E-state index is 11.6. The summed E-state index contributed by atoms with van der Waals surface area (Å²) in [5.41, 5.74) is 0. The third-order valence-corrected chi connectivity index (χ3v) is 3.31. The average molecular weight is 196 g/mol. The van der Waals surface area contributed by atoms with Crippen molar-refractivity contribution in [2.45, 2.75) is 25.7 Å². The molecule has 2 saturated carbocycles. The van der Waals surface area contributed by atoms with E-state index in [0.717, 1.165) is 0 Å². The van der Waals surface area contributed by atoms with Gasteiger partial charge in [0.1, 0.15) is 11.6 Å². The molecule has 14 heavy (non-hydrogen) atoms. The van der Waals surface area contributed by atoms with E-state index in [0.29, 0.717) is 19.3 Å². The minimum absolute atomic E-state index is 0.0150. The summed E-state index contributed by atoms with van der Waals surface area (Å²) < 4.78 is 0. The molecule has 0 aromatic rings. The first kappa shape index (κ1) is 9.37. The fourth-order valence-electron chi connectivity index (χ4n) is 2.48. The number of fused-ring (bicyclic) bond motifs is 2. The predicted molar refractivity (Wildman–Crippen MR) is 46.6 cm³/mol. The topological polar surface area (TPSA) is 71.4 Å². The molecule has 0 unspecified atom stereocenters. The van der Waals surface area contributed by atoms with Gasteiger partial charge < -0.3 is 5.11 Å². The summed E-state index contributed by atoms with van der Waals surface area (Å²) in [5, 5.41) is 8.84. The zero-order valence-corrected chi connectivity index (χ0v) is 7.73. The van der Waals surface area contributed by atoms with Crippen LogP contribution in [0.15, 0.2) is 0 Å². The van der Waals surface area contributed by atoms with Crippen molar-refractivity contribution in [3.63, 3.8) is 0 Å². The van der Waals surface area contributed by atoms with Crippen molar-refractivity contribution in [1.29, 1.82) is 0 Å². The first-order valence-corrected chi connectivity index (χ1v) is 4.89. The highest BCUT2D eigenvalue weighted by Gasteiger charge is 2.45. The monoisotopic (exact) mass is 196 g/mol. The summed E-state index contributed by atoms with van der Waals surface area (Å²) in [6.07, 6.45) is 1.66. The highest BCUT2D eigenvalue weighted by atomic mass is 16.4. The maximum Gasteiger partial charge on any atom is 0.306 e. The molecule has 0 aromatic carbocycles. The molecule has 0 amide bonds. The fourth-order valence-corrected chi connectivity index (χ4v) is 2.48. The van der Waals surface area contributed by atoms with Crippen LogP contribution >= 0.6 is 0 Å². The SMILES string of the molecule is O=C(O)[C@@H]1C[C@H]2CCC(=O)[C@H](C1)C2=O. The number of hydrogen-bond donors (Lipinski definition) is 1. The molecule has 4 heteroatoms. The van der Waals surface area contributed by atoms with Crippen molar-refractivity contribution in [1.82, 2.24) is 0 Å². The molecular formula is C10H12O4. The van der Waals surface area contributed by atoms with Crippen LogP contribution in [-0.2, 0) is 14.4 Å². The summed E-state index contributed by atoms with van der Waals surface area (Å²) in [4.78, 5) is 33.7. The summed E-state index contributed by atoms with van der Waals surface area (Å²) in [6.45, 7) is 0. The molecule has 0 aromatic heterocycles. The van der Waals surface area contributed by atoms with Crippen molar-refractivity contribution in [2.75, 3.05) is 0 Å². The number of aliphatic carboxylic acids is 1. The number of Topliss-reactive ketones (excluding diaryl/α,β-unsaturated/α-hetero) is 2. The lowest BCUT2D eigenvalue weighted by molar-refractivity contribution is -0.150. The Morgan fingerprint density at radius 3 is 2.64 bits per heavy atom. The van der Waals surface area contributed by atoms with Crippen molar-refractivity contribution in [3.05, 3.63) is 0 Å². The number of hydrogen-bond acceptors (Lipinski definition) is 3. The quantitative estimate of drug-likeness (QED) is 0.625. The lowest BCUT2D eigenvalue weighted by Gasteiger charge is -2.34. The van der Waals surface area contributed by atoms with Gasteiger partial charge in [-0.3, -0.25) is 14.4 Å². The third-order valence-electron chi connectivity index (χ3n) is 3.31. The second kappa shape index (κ2) is 3.19. The van der Waals surface area contributed by atoms with Crippen LogP contribution in [0.5, 0.6) is 0 Å². The van der Waals surface area contributed by atoms with Crippen molar-refractivity contribution >= 4 is 17.5 Å².